The summed E-state index contributed by atoms with van der Waals surface area (Å²) in [5, 5.41) is 0. The molecule has 0 radical (unpaired) electrons. The Hall–Kier alpha value is -0.150. The topological polar surface area (TPSA) is 52.0 Å². The molecule has 0 rings (SSSR count). The zero-order valence-electron chi connectivity index (χ0n) is 4.89. The number of unbranched alkanes of at least 4 members (excludes halogenated alkanes) is 1. The van der Waals surface area contributed by atoms with Gasteiger partial charge >= 0.3 is 0 Å². The molecular weight excluding hydrogens is 120 g/mol. The maximum absolute atomic E-state index is 5.23. The molecule has 0 aliphatic heterocycles. The summed E-state index contributed by atoms with van der Waals surface area (Å²) in [5.74, 6) is 0. The monoisotopic (exact) mass is 132 g/mol. The van der Waals surface area contributed by atoms with E-state index in [0.717, 1.165) is 25.8 Å². The van der Waals surface area contributed by atoms with Gasteiger partial charge in [-0.3, -0.25) is 0 Å². The normalized spacial score (nSPS) is 9.12. The predicted molar refractivity (Wildman–Crippen MR) is 39.7 cm³/mol. The van der Waals surface area contributed by atoms with Crippen LogP contribution in [0.15, 0.2) is 0 Å². The van der Waals surface area contributed by atoms with Crippen molar-refractivity contribution < 1.29 is 0 Å². The Bertz CT molecular complexity index is 72.8. The lowest BCUT2D eigenvalue weighted by Crippen LogP contribution is -2.08. The molecule has 0 aromatic carbocycles. The van der Waals surface area contributed by atoms with Gasteiger partial charge in [0.1, 0.15) is 0 Å². The fraction of sp³-hybridized carbons (Fsp3) is 0.800. The molecule has 0 amide bonds. The Kier molecular flexibility index (Phi) is 4.90. The lowest BCUT2D eigenvalue weighted by atomic mass is 10.2. The molecular formula is C5H12N2S. The number of rotatable bonds is 4. The Morgan fingerprint density at radius 2 is 2.00 bits per heavy atom. The number of hydrogen-bond acceptors (Lipinski definition) is 2. The van der Waals surface area contributed by atoms with Gasteiger partial charge in [-0.25, -0.2) is 0 Å². The van der Waals surface area contributed by atoms with E-state index >= 15 is 0 Å². The summed E-state index contributed by atoms with van der Waals surface area (Å²) < 4.78 is 0. The number of hydrogen-bond donors (Lipinski definition) is 2. The van der Waals surface area contributed by atoms with Crippen molar-refractivity contribution in [1.82, 2.24) is 0 Å². The Morgan fingerprint density at radius 3 is 2.38 bits per heavy atom. The van der Waals surface area contributed by atoms with Crippen molar-refractivity contribution in [2.24, 2.45) is 11.5 Å². The quantitative estimate of drug-likeness (QED) is 0.430. The standard InChI is InChI=1S/C5H12N2S/c6-4-2-1-3-5(7)8/h1-4,6H2,(H2,7,8). The van der Waals surface area contributed by atoms with Crippen LogP contribution in [0.25, 0.3) is 0 Å². The van der Waals surface area contributed by atoms with Crippen molar-refractivity contribution in [2.75, 3.05) is 6.54 Å². The van der Waals surface area contributed by atoms with E-state index in [1.54, 1.807) is 0 Å². The lowest BCUT2D eigenvalue weighted by Gasteiger charge is -1.93. The van der Waals surface area contributed by atoms with Crippen LogP contribution in [-0.4, -0.2) is 11.5 Å². The first-order chi connectivity index (χ1) is 3.77. The van der Waals surface area contributed by atoms with E-state index in [4.69, 9.17) is 11.5 Å². The largest absolute Gasteiger partial charge is 0.393 e. The molecule has 0 spiro atoms. The van der Waals surface area contributed by atoms with E-state index in [0.29, 0.717) is 4.99 Å². The highest BCUT2D eigenvalue weighted by Crippen LogP contribution is 1.91. The van der Waals surface area contributed by atoms with Crippen LogP contribution >= 0.6 is 12.2 Å². The molecule has 8 heavy (non-hydrogen) atoms. The fourth-order valence-electron chi connectivity index (χ4n) is 0.444. The van der Waals surface area contributed by atoms with Gasteiger partial charge in [0.15, 0.2) is 0 Å². The molecule has 0 unspecified atom stereocenters. The van der Waals surface area contributed by atoms with Crippen LogP contribution in [0.3, 0.4) is 0 Å². The van der Waals surface area contributed by atoms with Crippen LogP contribution < -0.4 is 11.5 Å². The SMILES string of the molecule is NCCCCC(N)=S. The Labute approximate surface area is 55.2 Å². The summed E-state index contributed by atoms with van der Waals surface area (Å²) in [6.45, 7) is 0.739. The van der Waals surface area contributed by atoms with Gasteiger partial charge in [-0.2, -0.15) is 0 Å². The molecule has 0 bridgehead atoms. The van der Waals surface area contributed by atoms with Crippen LogP contribution in [0, 0.1) is 0 Å². The average Bonchev–Trinajstić information content (AvgIpc) is 1.66. The number of thiocarbonyl (C=S) groups is 1. The highest BCUT2D eigenvalue weighted by Gasteiger charge is 1.86. The third-order valence-corrected chi connectivity index (χ3v) is 1.08. The predicted octanol–water partition coefficient (Wildman–Crippen LogP) is 0.402. The van der Waals surface area contributed by atoms with Crippen molar-refractivity contribution in [3.63, 3.8) is 0 Å². The van der Waals surface area contributed by atoms with Crippen LogP contribution in [0.5, 0.6) is 0 Å². The third kappa shape index (κ3) is 5.85. The smallest absolute Gasteiger partial charge is 0.0727 e. The molecule has 0 saturated carbocycles. The minimum atomic E-state index is 0.596. The van der Waals surface area contributed by atoms with Crippen LogP contribution in [-0.2, 0) is 0 Å². The summed E-state index contributed by atoms with van der Waals surface area (Å²) in [7, 11) is 0. The minimum Gasteiger partial charge on any atom is -0.393 e. The molecule has 2 nitrogen and oxygen atoms in total. The second-order valence-corrected chi connectivity index (χ2v) is 2.24. The molecule has 0 saturated heterocycles. The first-order valence-electron chi connectivity index (χ1n) is 2.75. The van der Waals surface area contributed by atoms with Gasteiger partial charge < -0.3 is 11.5 Å². The van der Waals surface area contributed by atoms with Gasteiger partial charge in [-0.1, -0.05) is 12.2 Å². The summed E-state index contributed by atoms with van der Waals surface area (Å²) in [6, 6.07) is 0. The molecule has 0 aliphatic rings. The lowest BCUT2D eigenvalue weighted by molar-refractivity contribution is 0.774. The summed E-state index contributed by atoms with van der Waals surface area (Å²) >= 11 is 4.65. The second-order valence-electron chi connectivity index (χ2n) is 1.71. The zero-order chi connectivity index (χ0) is 6.41. The summed E-state index contributed by atoms with van der Waals surface area (Å²) in [4.78, 5) is 0.596. The molecule has 0 fully saturated rings. The second kappa shape index (κ2) is 5.00. The minimum absolute atomic E-state index is 0.596. The Morgan fingerprint density at radius 1 is 1.38 bits per heavy atom. The Balaban J connectivity index is 2.82. The first-order valence-corrected chi connectivity index (χ1v) is 3.16. The van der Waals surface area contributed by atoms with Crippen molar-refractivity contribution in [2.45, 2.75) is 19.3 Å². The molecule has 4 N–H and O–H groups in total. The molecule has 3 heteroatoms. The molecule has 0 aliphatic carbocycles. The van der Waals surface area contributed by atoms with E-state index < -0.39 is 0 Å². The van der Waals surface area contributed by atoms with Gasteiger partial charge in [0.2, 0.25) is 0 Å². The van der Waals surface area contributed by atoms with E-state index in [9.17, 15) is 0 Å². The van der Waals surface area contributed by atoms with Crippen LogP contribution in [0.1, 0.15) is 19.3 Å². The fourth-order valence-corrected chi connectivity index (χ4v) is 0.588. The van der Waals surface area contributed by atoms with Gasteiger partial charge in [-0.05, 0) is 25.8 Å². The maximum Gasteiger partial charge on any atom is 0.0727 e. The van der Waals surface area contributed by atoms with Crippen LogP contribution in [0.2, 0.25) is 0 Å². The van der Waals surface area contributed by atoms with Crippen LogP contribution in [0.4, 0.5) is 0 Å². The molecule has 48 valence electrons. The van der Waals surface area contributed by atoms with Crippen molar-refractivity contribution >= 4 is 17.2 Å². The maximum atomic E-state index is 5.23. The van der Waals surface area contributed by atoms with E-state index in [1.807, 2.05) is 0 Å². The summed E-state index contributed by atoms with van der Waals surface area (Å²) in [6.07, 6.45) is 2.90. The molecule has 0 atom stereocenters. The molecule has 0 heterocycles. The first kappa shape index (κ1) is 7.85. The van der Waals surface area contributed by atoms with Crippen molar-refractivity contribution in [3.8, 4) is 0 Å². The summed E-state index contributed by atoms with van der Waals surface area (Å²) in [5.41, 5.74) is 10.5. The zero-order valence-corrected chi connectivity index (χ0v) is 5.71. The highest BCUT2D eigenvalue weighted by atomic mass is 32.1. The van der Waals surface area contributed by atoms with E-state index in [-0.39, 0.29) is 0 Å². The van der Waals surface area contributed by atoms with Crippen molar-refractivity contribution in [1.29, 1.82) is 0 Å². The van der Waals surface area contributed by atoms with Gasteiger partial charge in [-0.15, -0.1) is 0 Å². The number of nitrogens with two attached hydrogens (primary N) is 2. The highest BCUT2D eigenvalue weighted by molar-refractivity contribution is 7.80. The van der Waals surface area contributed by atoms with E-state index in [1.165, 1.54) is 0 Å². The van der Waals surface area contributed by atoms with Crippen molar-refractivity contribution in [3.05, 3.63) is 0 Å². The average molecular weight is 132 g/mol. The van der Waals surface area contributed by atoms with Gasteiger partial charge in [0.25, 0.3) is 0 Å². The third-order valence-electron chi connectivity index (χ3n) is 0.877. The van der Waals surface area contributed by atoms with Gasteiger partial charge in [0.05, 0.1) is 4.99 Å². The van der Waals surface area contributed by atoms with E-state index in [2.05, 4.69) is 12.2 Å². The molecule has 0 aromatic heterocycles. The van der Waals surface area contributed by atoms with Gasteiger partial charge in [0, 0.05) is 0 Å². The molecule has 0 aromatic rings.